The zero-order valence-corrected chi connectivity index (χ0v) is 21.2. The molecule has 0 aliphatic carbocycles. The van der Waals surface area contributed by atoms with E-state index in [4.69, 9.17) is 9.47 Å². The van der Waals surface area contributed by atoms with E-state index in [2.05, 4.69) is 56.9 Å². The molecule has 0 bridgehead atoms. The summed E-state index contributed by atoms with van der Waals surface area (Å²) in [6.07, 6.45) is 2.11. The van der Waals surface area contributed by atoms with Gasteiger partial charge >= 0.3 is 0 Å². The van der Waals surface area contributed by atoms with Crippen LogP contribution in [0.3, 0.4) is 0 Å². The van der Waals surface area contributed by atoms with Crippen molar-refractivity contribution in [2.45, 2.75) is 33.9 Å². The Morgan fingerprint density at radius 2 is 1.97 bits per heavy atom. The maximum atomic E-state index is 13.2. The van der Waals surface area contributed by atoms with Crippen molar-refractivity contribution >= 4 is 44.1 Å². The van der Waals surface area contributed by atoms with E-state index in [0.29, 0.717) is 21.4 Å². The van der Waals surface area contributed by atoms with Crippen LogP contribution < -0.4 is 10.1 Å². The molecule has 0 saturated heterocycles. The van der Waals surface area contributed by atoms with Gasteiger partial charge in [0.25, 0.3) is 5.91 Å². The molecule has 1 amide bonds. The Bertz CT molecular complexity index is 1310. The van der Waals surface area contributed by atoms with E-state index in [-0.39, 0.29) is 12.5 Å². The highest BCUT2D eigenvalue weighted by Gasteiger charge is 2.21. The molecule has 0 aliphatic rings. The molecular formula is C25H31N5O3S. The predicted octanol–water partition coefficient (Wildman–Crippen LogP) is 4.70. The van der Waals surface area contributed by atoms with Crippen LogP contribution in [0, 0.1) is 6.92 Å². The number of aromatic nitrogens is 3. The number of ether oxygens (including phenoxy) is 2. The number of fused-ring (bicyclic) bond motifs is 2. The van der Waals surface area contributed by atoms with Crippen molar-refractivity contribution in [2.75, 3.05) is 39.2 Å². The Balaban J connectivity index is 1.56. The third-order valence-corrected chi connectivity index (χ3v) is 7.24. The van der Waals surface area contributed by atoms with Gasteiger partial charge in [0.05, 0.1) is 17.4 Å². The topological polar surface area (TPSA) is 81.5 Å². The molecule has 0 saturated carbocycles. The van der Waals surface area contributed by atoms with Gasteiger partial charge in [-0.1, -0.05) is 13.8 Å². The highest BCUT2D eigenvalue weighted by Crippen LogP contribution is 2.35. The molecule has 0 atom stereocenters. The summed E-state index contributed by atoms with van der Waals surface area (Å²) in [7, 11) is 3.16. The number of carbonyl (C=O) groups excluding carboxylic acids is 1. The molecule has 3 heterocycles. The second-order valence-electron chi connectivity index (χ2n) is 8.08. The van der Waals surface area contributed by atoms with Crippen molar-refractivity contribution in [2.24, 2.45) is 0 Å². The van der Waals surface area contributed by atoms with Gasteiger partial charge in [0.15, 0.2) is 5.82 Å². The zero-order chi connectivity index (χ0) is 24.2. The maximum absolute atomic E-state index is 13.2. The Labute approximate surface area is 203 Å². The van der Waals surface area contributed by atoms with E-state index in [1.807, 2.05) is 19.1 Å². The second-order valence-corrected chi connectivity index (χ2v) is 9.08. The lowest BCUT2D eigenvalue weighted by Gasteiger charge is -2.18. The van der Waals surface area contributed by atoms with Crippen LogP contribution in [-0.4, -0.2) is 59.2 Å². The van der Waals surface area contributed by atoms with Crippen LogP contribution in [0.5, 0.6) is 5.88 Å². The molecule has 0 radical (unpaired) electrons. The third kappa shape index (κ3) is 4.77. The summed E-state index contributed by atoms with van der Waals surface area (Å²) in [6, 6.07) is 8.13. The number of methoxy groups -OCH3 is 2. The molecule has 0 unspecified atom stereocenters. The van der Waals surface area contributed by atoms with Crippen LogP contribution in [0.1, 0.15) is 34.9 Å². The minimum Gasteiger partial charge on any atom is -0.480 e. The van der Waals surface area contributed by atoms with Crippen LogP contribution in [-0.2, 0) is 17.9 Å². The lowest BCUT2D eigenvalue weighted by molar-refractivity contribution is 0.103. The van der Waals surface area contributed by atoms with E-state index in [9.17, 15) is 4.79 Å². The highest BCUT2D eigenvalue weighted by molar-refractivity contribution is 7.20. The number of aryl methyl sites for hydroxylation is 1. The average Bonchev–Trinajstić information content (AvgIpc) is 3.40. The molecule has 1 N–H and O–H groups in total. The lowest BCUT2D eigenvalue weighted by Crippen LogP contribution is -2.26. The monoisotopic (exact) mass is 481 g/mol. The average molecular weight is 482 g/mol. The van der Waals surface area contributed by atoms with Crippen molar-refractivity contribution in [3.63, 3.8) is 0 Å². The second kappa shape index (κ2) is 10.5. The number of carbonyl (C=O) groups is 1. The van der Waals surface area contributed by atoms with Gasteiger partial charge in [-0.15, -0.1) is 11.3 Å². The molecule has 4 aromatic rings. The number of benzene rings is 1. The first-order chi connectivity index (χ1) is 16.5. The molecule has 0 fully saturated rings. The van der Waals surface area contributed by atoms with E-state index in [1.54, 1.807) is 14.2 Å². The smallest absolute Gasteiger partial charge is 0.266 e. The Morgan fingerprint density at radius 1 is 1.18 bits per heavy atom. The van der Waals surface area contributed by atoms with Crippen molar-refractivity contribution in [1.82, 2.24) is 19.4 Å². The number of hydrogen-bond acceptors (Lipinski definition) is 7. The first-order valence-corrected chi connectivity index (χ1v) is 12.3. The Kier molecular flexibility index (Phi) is 7.45. The molecule has 0 aliphatic heterocycles. The van der Waals surface area contributed by atoms with Crippen molar-refractivity contribution in [1.29, 1.82) is 0 Å². The number of nitrogens with zero attached hydrogens (tertiary/aromatic N) is 4. The van der Waals surface area contributed by atoms with Crippen molar-refractivity contribution < 1.29 is 14.3 Å². The standard InChI is InChI=1S/C25H31N5O3S/c1-6-29(7-2)12-13-30-11-10-17-14-18(8-9-19(17)30)26-23(31)22-16(3)21-24(33-5)27-20(15-32-4)28-25(21)34-22/h8-11,14H,6-7,12-13,15H2,1-5H3,(H,26,31). The molecule has 180 valence electrons. The highest BCUT2D eigenvalue weighted by atomic mass is 32.1. The number of rotatable bonds is 10. The molecule has 3 aromatic heterocycles. The van der Waals surface area contributed by atoms with Crippen LogP contribution in [0.15, 0.2) is 30.5 Å². The Morgan fingerprint density at radius 3 is 2.68 bits per heavy atom. The van der Waals surface area contributed by atoms with Gasteiger partial charge in [0.1, 0.15) is 11.4 Å². The molecular weight excluding hydrogens is 450 g/mol. The van der Waals surface area contributed by atoms with Gasteiger partial charge in [-0.05, 0) is 49.8 Å². The molecule has 34 heavy (non-hydrogen) atoms. The molecule has 1 aromatic carbocycles. The van der Waals surface area contributed by atoms with Crippen LogP contribution in [0.2, 0.25) is 0 Å². The van der Waals surface area contributed by atoms with Crippen LogP contribution >= 0.6 is 11.3 Å². The number of thiophene rings is 1. The first kappa shape index (κ1) is 24.1. The SMILES string of the molecule is CCN(CC)CCn1ccc2cc(NC(=O)c3sc4nc(COC)nc(OC)c4c3C)ccc21. The van der Waals surface area contributed by atoms with Crippen molar-refractivity contribution in [3.8, 4) is 5.88 Å². The zero-order valence-electron chi connectivity index (χ0n) is 20.3. The molecule has 8 nitrogen and oxygen atoms in total. The number of nitrogens with one attached hydrogen (secondary N) is 1. The van der Waals surface area contributed by atoms with Gasteiger partial charge in [-0.2, -0.15) is 4.98 Å². The summed E-state index contributed by atoms with van der Waals surface area (Å²) in [5.74, 6) is 0.810. The molecule has 0 spiro atoms. The van der Waals surface area contributed by atoms with Gasteiger partial charge in [0, 0.05) is 43.0 Å². The number of anilines is 1. The van der Waals surface area contributed by atoms with Gasteiger partial charge < -0.3 is 24.3 Å². The normalized spacial score (nSPS) is 11.6. The van der Waals surface area contributed by atoms with Crippen molar-refractivity contribution in [3.05, 3.63) is 46.7 Å². The van der Waals surface area contributed by atoms with Gasteiger partial charge in [0.2, 0.25) is 5.88 Å². The van der Waals surface area contributed by atoms with E-state index in [1.165, 1.54) is 11.3 Å². The summed E-state index contributed by atoms with van der Waals surface area (Å²) in [5, 5.41) is 4.91. The minimum absolute atomic E-state index is 0.170. The number of likely N-dealkylation sites (N-methyl/N-ethyl adjacent to an activating group) is 1. The largest absolute Gasteiger partial charge is 0.480 e. The van der Waals surface area contributed by atoms with Gasteiger partial charge in [-0.25, -0.2) is 4.98 Å². The fourth-order valence-electron chi connectivity index (χ4n) is 4.15. The molecule has 9 heteroatoms. The lowest BCUT2D eigenvalue weighted by atomic mass is 10.2. The predicted molar refractivity (Wildman–Crippen MR) is 137 cm³/mol. The number of hydrogen-bond donors (Lipinski definition) is 1. The summed E-state index contributed by atoms with van der Waals surface area (Å²) < 4.78 is 12.9. The summed E-state index contributed by atoms with van der Waals surface area (Å²) in [6.45, 7) is 10.6. The summed E-state index contributed by atoms with van der Waals surface area (Å²) >= 11 is 1.33. The van der Waals surface area contributed by atoms with E-state index in [0.717, 1.165) is 53.7 Å². The fourth-order valence-corrected chi connectivity index (χ4v) is 5.24. The van der Waals surface area contributed by atoms with E-state index >= 15 is 0 Å². The Hall–Kier alpha value is -3.01. The van der Waals surface area contributed by atoms with E-state index < -0.39 is 0 Å². The minimum atomic E-state index is -0.170. The van der Waals surface area contributed by atoms with Crippen LogP contribution in [0.4, 0.5) is 5.69 Å². The summed E-state index contributed by atoms with van der Waals surface area (Å²) in [5.41, 5.74) is 2.73. The third-order valence-electron chi connectivity index (χ3n) is 6.06. The molecule has 4 rings (SSSR count). The quantitative estimate of drug-likeness (QED) is 0.354. The fraction of sp³-hybridized carbons (Fsp3) is 0.400. The maximum Gasteiger partial charge on any atom is 0.266 e. The van der Waals surface area contributed by atoms with Crippen LogP contribution in [0.25, 0.3) is 21.1 Å². The van der Waals surface area contributed by atoms with Gasteiger partial charge in [-0.3, -0.25) is 4.79 Å². The summed E-state index contributed by atoms with van der Waals surface area (Å²) in [4.78, 5) is 25.8. The first-order valence-electron chi connectivity index (χ1n) is 11.4. The number of amides is 1.